The summed E-state index contributed by atoms with van der Waals surface area (Å²) in [4.78, 5) is 10.7. The third-order valence-corrected chi connectivity index (χ3v) is 1.49. The molecule has 1 aromatic heterocycles. The van der Waals surface area contributed by atoms with Gasteiger partial charge in [0.05, 0.1) is 5.69 Å². The summed E-state index contributed by atoms with van der Waals surface area (Å²) < 4.78 is 4.79. The number of hydrogen-bond donors (Lipinski definition) is 1. The van der Waals surface area contributed by atoms with E-state index < -0.39 is 5.97 Å². The maximum Gasteiger partial charge on any atom is 0.341 e. The van der Waals surface area contributed by atoms with Crippen molar-refractivity contribution in [3.05, 3.63) is 35.7 Å². The van der Waals surface area contributed by atoms with Crippen molar-refractivity contribution in [3.63, 3.8) is 0 Å². The van der Waals surface area contributed by atoms with Crippen molar-refractivity contribution in [3.8, 4) is 0 Å². The smallest absolute Gasteiger partial charge is 0.341 e. The van der Waals surface area contributed by atoms with Crippen LogP contribution < -0.4 is 0 Å². The molecule has 0 fully saturated rings. The zero-order valence-electron chi connectivity index (χ0n) is 9.24. The van der Waals surface area contributed by atoms with Crippen LogP contribution >= 0.6 is 15.9 Å². The molecule has 0 saturated heterocycles. The minimum absolute atomic E-state index is 0.0955. The number of aromatic carboxylic acids is 1. The highest BCUT2D eigenvalue weighted by molar-refractivity contribution is 9.09. The molecule has 0 aliphatic rings. The zero-order valence-corrected chi connectivity index (χ0v) is 10.8. The number of nitrogens with zero attached hydrogens (tertiary/aromatic N) is 1. The summed E-state index contributed by atoms with van der Waals surface area (Å²) in [5.41, 5.74) is 0.467. The van der Waals surface area contributed by atoms with Crippen LogP contribution in [0.2, 0.25) is 0 Å². The van der Waals surface area contributed by atoms with Gasteiger partial charge in [0.15, 0.2) is 5.76 Å². The number of aryl methyl sites for hydroxylation is 1. The lowest BCUT2D eigenvalue weighted by Gasteiger charge is -1.88. The van der Waals surface area contributed by atoms with Crippen molar-refractivity contribution in [1.29, 1.82) is 0 Å². The van der Waals surface area contributed by atoms with Crippen molar-refractivity contribution in [2.75, 3.05) is 5.33 Å². The second kappa shape index (κ2) is 7.87. The van der Waals surface area contributed by atoms with Gasteiger partial charge in [0.25, 0.3) is 0 Å². The van der Waals surface area contributed by atoms with Gasteiger partial charge in [0, 0.05) is 5.33 Å². The lowest BCUT2D eigenvalue weighted by molar-refractivity contribution is 0.0695. The van der Waals surface area contributed by atoms with Crippen LogP contribution in [0.25, 0.3) is 6.08 Å². The van der Waals surface area contributed by atoms with Gasteiger partial charge < -0.3 is 9.63 Å². The van der Waals surface area contributed by atoms with E-state index in [1.165, 1.54) is 12.2 Å². The van der Waals surface area contributed by atoms with Crippen molar-refractivity contribution in [2.24, 2.45) is 0 Å². The summed E-state index contributed by atoms with van der Waals surface area (Å²) >= 11 is 3.15. The molecule has 0 bridgehead atoms. The fourth-order valence-corrected chi connectivity index (χ4v) is 0.917. The molecule has 0 aromatic carbocycles. The first-order valence-corrected chi connectivity index (χ1v) is 5.75. The molecule has 0 aliphatic carbocycles. The van der Waals surface area contributed by atoms with E-state index in [1.54, 1.807) is 13.0 Å². The van der Waals surface area contributed by atoms with Crippen molar-refractivity contribution >= 4 is 28.0 Å². The predicted molar refractivity (Wildman–Crippen MR) is 66.9 cm³/mol. The third-order valence-electron chi connectivity index (χ3n) is 1.49. The van der Waals surface area contributed by atoms with Gasteiger partial charge in [0.1, 0.15) is 5.56 Å². The Kier molecular flexibility index (Phi) is 7.20. The van der Waals surface area contributed by atoms with Crippen LogP contribution in [0.1, 0.15) is 28.7 Å². The summed E-state index contributed by atoms with van der Waals surface area (Å²) in [6, 6.07) is 0. The standard InChI is InChI=1S/C9H9NO3.C2H5Br/c1-3-4-5-7-8(9(11)12)6(2)10-13-7;1-2-3/h3-5H,1H2,2H3,(H,11,12);2H2,1H3/b5-4+;. The quantitative estimate of drug-likeness (QED) is 0.684. The van der Waals surface area contributed by atoms with Gasteiger partial charge in [-0.1, -0.05) is 46.7 Å². The number of alkyl halides is 1. The molecule has 5 heteroatoms. The van der Waals surface area contributed by atoms with Gasteiger partial charge in [-0.15, -0.1) is 0 Å². The molecule has 1 N–H and O–H groups in total. The highest BCUT2D eigenvalue weighted by Gasteiger charge is 2.16. The molecule has 0 spiro atoms. The Labute approximate surface area is 103 Å². The van der Waals surface area contributed by atoms with Gasteiger partial charge >= 0.3 is 5.97 Å². The Morgan fingerprint density at radius 3 is 2.69 bits per heavy atom. The largest absolute Gasteiger partial charge is 0.477 e. The van der Waals surface area contributed by atoms with Crippen molar-refractivity contribution < 1.29 is 14.4 Å². The van der Waals surface area contributed by atoms with Gasteiger partial charge in [-0.25, -0.2) is 4.79 Å². The van der Waals surface area contributed by atoms with Gasteiger partial charge in [-0.05, 0) is 13.0 Å². The summed E-state index contributed by atoms with van der Waals surface area (Å²) in [6.45, 7) is 7.08. The fraction of sp³-hybridized carbons (Fsp3) is 0.273. The van der Waals surface area contributed by atoms with E-state index in [0.29, 0.717) is 5.69 Å². The maximum absolute atomic E-state index is 10.7. The van der Waals surface area contributed by atoms with E-state index in [1.807, 2.05) is 6.92 Å². The summed E-state index contributed by atoms with van der Waals surface area (Å²) in [5.74, 6) is -0.799. The SMILES string of the molecule is C=C/C=C/c1onc(C)c1C(=O)O.CCBr. The molecule has 0 saturated carbocycles. The number of allylic oxidation sites excluding steroid dienone is 2. The number of carboxylic acid groups (broad SMARTS) is 1. The van der Waals surface area contributed by atoms with E-state index in [4.69, 9.17) is 9.63 Å². The molecule has 1 rings (SSSR count). The molecule has 16 heavy (non-hydrogen) atoms. The Morgan fingerprint density at radius 2 is 2.25 bits per heavy atom. The first kappa shape index (κ1) is 14.6. The molecule has 0 unspecified atom stereocenters. The van der Waals surface area contributed by atoms with Crippen molar-refractivity contribution in [1.82, 2.24) is 5.16 Å². The minimum Gasteiger partial charge on any atom is -0.477 e. The Morgan fingerprint density at radius 1 is 1.69 bits per heavy atom. The molecule has 0 atom stereocenters. The predicted octanol–water partition coefficient (Wildman–Crippen LogP) is 3.28. The third kappa shape index (κ3) is 4.44. The van der Waals surface area contributed by atoms with Crippen LogP contribution in [0.3, 0.4) is 0 Å². The van der Waals surface area contributed by atoms with Gasteiger partial charge in [-0.2, -0.15) is 0 Å². The number of carboxylic acids is 1. The molecular weight excluding hydrogens is 274 g/mol. The van der Waals surface area contributed by atoms with E-state index in [9.17, 15) is 4.79 Å². The van der Waals surface area contributed by atoms with Crippen LogP contribution in [-0.4, -0.2) is 21.6 Å². The number of hydrogen-bond acceptors (Lipinski definition) is 3. The number of carbonyl (C=O) groups is 1. The second-order valence-corrected chi connectivity index (χ2v) is 3.80. The van der Waals surface area contributed by atoms with E-state index in [2.05, 4.69) is 27.7 Å². The average Bonchev–Trinajstić information content (AvgIpc) is 2.58. The number of halogens is 1. The molecule has 1 aromatic rings. The van der Waals surface area contributed by atoms with Crippen LogP contribution in [0.4, 0.5) is 0 Å². The molecule has 1 heterocycles. The van der Waals surface area contributed by atoms with Crippen LogP contribution in [0.5, 0.6) is 0 Å². The fourth-order valence-electron chi connectivity index (χ4n) is 0.917. The van der Waals surface area contributed by atoms with Crippen molar-refractivity contribution in [2.45, 2.75) is 13.8 Å². The summed E-state index contributed by atoms with van der Waals surface area (Å²) in [6.07, 6.45) is 4.63. The maximum atomic E-state index is 10.7. The Bertz CT molecular complexity index is 383. The molecule has 88 valence electrons. The Hall–Kier alpha value is -1.36. The van der Waals surface area contributed by atoms with E-state index in [0.717, 1.165) is 5.33 Å². The highest BCUT2D eigenvalue weighted by atomic mass is 79.9. The first-order valence-electron chi connectivity index (χ1n) is 4.63. The van der Waals surface area contributed by atoms with Crippen LogP contribution in [-0.2, 0) is 0 Å². The van der Waals surface area contributed by atoms with Crippen LogP contribution in [0, 0.1) is 6.92 Å². The average molecular weight is 288 g/mol. The lowest BCUT2D eigenvalue weighted by atomic mass is 10.2. The molecular formula is C11H14BrNO3. The zero-order chi connectivity index (χ0) is 12.6. The topological polar surface area (TPSA) is 63.3 Å². The monoisotopic (exact) mass is 287 g/mol. The minimum atomic E-state index is -1.04. The normalized spacial score (nSPS) is 9.69. The van der Waals surface area contributed by atoms with E-state index >= 15 is 0 Å². The molecule has 0 aliphatic heterocycles. The second-order valence-electron chi connectivity index (χ2n) is 2.67. The first-order chi connectivity index (χ1) is 7.58. The number of rotatable bonds is 3. The van der Waals surface area contributed by atoms with E-state index in [-0.39, 0.29) is 11.3 Å². The molecule has 4 nitrogen and oxygen atoms in total. The molecule has 0 radical (unpaired) electrons. The summed E-state index contributed by atoms with van der Waals surface area (Å²) in [5, 5.41) is 13.4. The lowest BCUT2D eigenvalue weighted by Crippen LogP contribution is -1.98. The Balaban J connectivity index is 0.000000673. The van der Waals surface area contributed by atoms with Crippen LogP contribution in [0.15, 0.2) is 23.3 Å². The number of aromatic nitrogens is 1. The summed E-state index contributed by atoms with van der Waals surface area (Å²) in [7, 11) is 0. The molecule has 0 amide bonds. The van der Waals surface area contributed by atoms with Gasteiger partial charge in [0.2, 0.25) is 0 Å². The van der Waals surface area contributed by atoms with Gasteiger partial charge in [-0.3, -0.25) is 0 Å². The highest BCUT2D eigenvalue weighted by Crippen LogP contribution is 2.14.